The molecule has 0 aliphatic carbocycles. The molecular weight excluding hydrogens is 342 g/mol. The van der Waals surface area contributed by atoms with Gasteiger partial charge in [-0.1, -0.05) is 25.1 Å². The van der Waals surface area contributed by atoms with Crippen LogP contribution in [0.1, 0.15) is 32.6 Å². The average molecular weight is 373 g/mol. The molecule has 2 atom stereocenters. The highest BCUT2D eigenvalue weighted by atomic mass is 16.5. The zero-order chi connectivity index (χ0) is 19.1. The number of rotatable bonds is 6. The zero-order valence-corrected chi connectivity index (χ0v) is 16.2. The van der Waals surface area contributed by atoms with E-state index in [1.54, 1.807) is 0 Å². The second-order valence-corrected chi connectivity index (χ2v) is 7.65. The lowest BCUT2D eigenvalue weighted by Crippen LogP contribution is -2.51. The summed E-state index contributed by atoms with van der Waals surface area (Å²) < 4.78 is 5.60. The highest BCUT2D eigenvalue weighted by Gasteiger charge is 2.30. The molecule has 2 amide bonds. The number of likely N-dealkylation sites (tertiary alicyclic amines) is 1. The van der Waals surface area contributed by atoms with Crippen molar-refractivity contribution in [2.24, 2.45) is 11.8 Å². The Morgan fingerprint density at radius 1 is 1.19 bits per heavy atom. The standard InChI is InChI=1S/C21H31N3O3/c1-16-15-22-11-7-19(16)23-21(26)17-8-12-24(13-9-17)20(25)10-14-27-18-5-3-2-4-6-18/h2-6,16-17,19,22H,7-15H2,1H3,(H,23,26). The molecule has 2 fully saturated rings. The fraction of sp³-hybridized carbons (Fsp3) is 0.619. The summed E-state index contributed by atoms with van der Waals surface area (Å²) in [6.45, 7) is 5.80. The number of hydrogen-bond donors (Lipinski definition) is 2. The second-order valence-electron chi connectivity index (χ2n) is 7.65. The molecule has 2 heterocycles. The Hall–Kier alpha value is -2.08. The molecule has 1 aromatic carbocycles. The van der Waals surface area contributed by atoms with Crippen molar-refractivity contribution in [1.29, 1.82) is 0 Å². The van der Waals surface area contributed by atoms with E-state index in [1.165, 1.54) is 0 Å². The lowest BCUT2D eigenvalue weighted by atomic mass is 9.92. The number of carbonyl (C=O) groups excluding carboxylic acids is 2. The molecule has 6 nitrogen and oxygen atoms in total. The van der Waals surface area contributed by atoms with Gasteiger partial charge in [0.15, 0.2) is 0 Å². The summed E-state index contributed by atoms with van der Waals surface area (Å²) in [5.41, 5.74) is 0. The first-order valence-corrected chi connectivity index (χ1v) is 10.1. The molecule has 2 aliphatic rings. The molecule has 148 valence electrons. The lowest BCUT2D eigenvalue weighted by Gasteiger charge is -2.34. The highest BCUT2D eigenvalue weighted by molar-refractivity contribution is 5.80. The number of nitrogens with zero attached hydrogens (tertiary/aromatic N) is 1. The minimum Gasteiger partial charge on any atom is -0.493 e. The molecule has 6 heteroatoms. The van der Waals surface area contributed by atoms with Crippen LogP contribution < -0.4 is 15.4 Å². The predicted molar refractivity (Wildman–Crippen MR) is 104 cm³/mol. The normalized spacial score (nSPS) is 23.7. The monoisotopic (exact) mass is 373 g/mol. The largest absolute Gasteiger partial charge is 0.493 e. The third-order valence-electron chi connectivity index (χ3n) is 5.66. The van der Waals surface area contributed by atoms with Gasteiger partial charge in [-0.25, -0.2) is 0 Å². The first-order chi connectivity index (χ1) is 13.1. The maximum atomic E-state index is 12.6. The average Bonchev–Trinajstić information content (AvgIpc) is 2.70. The number of hydrogen-bond acceptors (Lipinski definition) is 4. The van der Waals surface area contributed by atoms with Crippen molar-refractivity contribution < 1.29 is 14.3 Å². The quantitative estimate of drug-likeness (QED) is 0.798. The van der Waals surface area contributed by atoms with E-state index in [0.717, 1.165) is 38.1 Å². The van der Waals surface area contributed by atoms with Crippen molar-refractivity contribution in [3.8, 4) is 5.75 Å². The Balaban J connectivity index is 1.36. The van der Waals surface area contributed by atoms with Gasteiger partial charge in [0.2, 0.25) is 11.8 Å². The van der Waals surface area contributed by atoms with Crippen molar-refractivity contribution >= 4 is 11.8 Å². The van der Waals surface area contributed by atoms with Gasteiger partial charge in [-0.3, -0.25) is 9.59 Å². The fourth-order valence-electron chi connectivity index (χ4n) is 3.85. The molecule has 2 unspecified atom stereocenters. The highest BCUT2D eigenvalue weighted by Crippen LogP contribution is 2.20. The molecule has 0 radical (unpaired) electrons. The Labute approximate surface area is 161 Å². The summed E-state index contributed by atoms with van der Waals surface area (Å²) in [5, 5.41) is 6.59. The Morgan fingerprint density at radius 2 is 1.93 bits per heavy atom. The van der Waals surface area contributed by atoms with Gasteiger partial charge in [0.05, 0.1) is 13.0 Å². The van der Waals surface area contributed by atoms with Crippen LogP contribution in [0.4, 0.5) is 0 Å². The molecule has 0 spiro atoms. The molecule has 0 bridgehead atoms. The second kappa shape index (κ2) is 9.74. The summed E-state index contributed by atoms with van der Waals surface area (Å²) in [5.74, 6) is 1.54. The maximum Gasteiger partial charge on any atom is 0.225 e. The van der Waals surface area contributed by atoms with Crippen LogP contribution in [0.3, 0.4) is 0 Å². The first-order valence-electron chi connectivity index (χ1n) is 10.1. The van der Waals surface area contributed by atoms with Crippen molar-refractivity contribution in [3.63, 3.8) is 0 Å². The summed E-state index contributed by atoms with van der Waals surface area (Å²) >= 11 is 0. The van der Waals surface area contributed by atoms with E-state index < -0.39 is 0 Å². The number of carbonyl (C=O) groups is 2. The number of para-hydroxylation sites is 1. The van der Waals surface area contributed by atoms with E-state index in [0.29, 0.717) is 32.0 Å². The summed E-state index contributed by atoms with van der Waals surface area (Å²) in [7, 11) is 0. The lowest BCUT2D eigenvalue weighted by molar-refractivity contribution is -0.136. The molecule has 2 N–H and O–H groups in total. The number of amides is 2. The van der Waals surface area contributed by atoms with E-state index in [2.05, 4.69) is 17.6 Å². The molecule has 1 aromatic rings. The first kappa shape index (κ1) is 19.7. The number of benzene rings is 1. The molecule has 2 aliphatic heterocycles. The van der Waals surface area contributed by atoms with E-state index in [1.807, 2.05) is 35.2 Å². The Morgan fingerprint density at radius 3 is 2.63 bits per heavy atom. The molecule has 2 saturated heterocycles. The predicted octanol–water partition coefficient (Wildman–Crippen LogP) is 1.81. The Bertz CT molecular complexity index is 614. The van der Waals surface area contributed by atoms with Crippen molar-refractivity contribution in [1.82, 2.24) is 15.5 Å². The minimum atomic E-state index is 0.0247. The van der Waals surface area contributed by atoms with Crippen molar-refractivity contribution in [2.45, 2.75) is 38.6 Å². The van der Waals surface area contributed by atoms with E-state index >= 15 is 0 Å². The van der Waals surface area contributed by atoms with Gasteiger partial charge in [0.1, 0.15) is 5.75 Å². The van der Waals surface area contributed by atoms with Crippen molar-refractivity contribution in [2.75, 3.05) is 32.8 Å². The summed E-state index contributed by atoms with van der Waals surface area (Å²) in [4.78, 5) is 26.8. The number of piperidine rings is 2. The SMILES string of the molecule is CC1CNCCC1NC(=O)C1CCN(C(=O)CCOc2ccccc2)CC1. The van der Waals surface area contributed by atoms with Crippen LogP contribution >= 0.6 is 0 Å². The van der Waals surface area contributed by atoms with Crippen LogP contribution in [0.15, 0.2) is 30.3 Å². The third-order valence-corrected chi connectivity index (χ3v) is 5.66. The van der Waals surface area contributed by atoms with Crippen molar-refractivity contribution in [3.05, 3.63) is 30.3 Å². The zero-order valence-electron chi connectivity index (χ0n) is 16.2. The summed E-state index contributed by atoms with van der Waals surface area (Å²) in [6, 6.07) is 9.81. The molecular formula is C21H31N3O3. The van der Waals surface area contributed by atoms with Gasteiger partial charge in [-0.15, -0.1) is 0 Å². The van der Waals surface area contributed by atoms with Crippen LogP contribution in [-0.2, 0) is 9.59 Å². The van der Waals surface area contributed by atoms with Gasteiger partial charge < -0.3 is 20.3 Å². The Kier molecular flexibility index (Phi) is 7.10. The minimum absolute atomic E-state index is 0.0247. The van der Waals surface area contributed by atoms with Crippen LogP contribution in [0.5, 0.6) is 5.75 Å². The van der Waals surface area contributed by atoms with Gasteiger partial charge >= 0.3 is 0 Å². The molecule has 0 saturated carbocycles. The molecule has 0 aromatic heterocycles. The molecule has 27 heavy (non-hydrogen) atoms. The van der Waals surface area contributed by atoms with E-state index in [-0.39, 0.29) is 23.8 Å². The van der Waals surface area contributed by atoms with E-state index in [9.17, 15) is 9.59 Å². The molecule has 3 rings (SSSR count). The van der Waals surface area contributed by atoms with Crippen LogP contribution in [0.2, 0.25) is 0 Å². The van der Waals surface area contributed by atoms with Gasteiger partial charge in [-0.05, 0) is 50.4 Å². The van der Waals surface area contributed by atoms with Gasteiger partial charge in [0, 0.05) is 25.0 Å². The number of nitrogens with one attached hydrogen (secondary N) is 2. The third kappa shape index (κ3) is 5.70. The van der Waals surface area contributed by atoms with Gasteiger partial charge in [0.25, 0.3) is 0 Å². The van der Waals surface area contributed by atoms with Gasteiger partial charge in [-0.2, -0.15) is 0 Å². The summed E-state index contributed by atoms with van der Waals surface area (Å²) in [6.07, 6.45) is 2.86. The van der Waals surface area contributed by atoms with Crippen LogP contribution in [0.25, 0.3) is 0 Å². The van der Waals surface area contributed by atoms with Crippen LogP contribution in [0, 0.1) is 11.8 Å². The fourth-order valence-corrected chi connectivity index (χ4v) is 3.85. The van der Waals surface area contributed by atoms with E-state index in [4.69, 9.17) is 4.74 Å². The smallest absolute Gasteiger partial charge is 0.225 e. The van der Waals surface area contributed by atoms with Crippen LogP contribution in [-0.4, -0.2) is 55.5 Å². The maximum absolute atomic E-state index is 12.6. The topological polar surface area (TPSA) is 70.7 Å². The number of ether oxygens (including phenoxy) is 1.